The van der Waals surface area contributed by atoms with Gasteiger partial charge in [0, 0.05) is 45.7 Å². The highest BCUT2D eigenvalue weighted by Gasteiger charge is 2.63. The van der Waals surface area contributed by atoms with Crippen LogP contribution in [0.15, 0.2) is 64.8 Å². The molecule has 2 aromatic carbocycles. The lowest BCUT2D eigenvalue weighted by molar-refractivity contribution is -0.141. The molecule has 4 aliphatic rings. The number of fused-ring (bicyclic) bond motifs is 3. The van der Waals surface area contributed by atoms with E-state index in [2.05, 4.69) is 31.8 Å². The second-order valence-electron chi connectivity index (χ2n) is 19.3. The smallest absolute Gasteiger partial charge is 0.408 e. The van der Waals surface area contributed by atoms with Crippen LogP contribution in [0.3, 0.4) is 0 Å². The minimum Gasteiger partial charge on any atom is -0.496 e. The number of para-hydroxylation sites is 2. The molecule has 66 heavy (non-hydrogen) atoms. The Balaban J connectivity index is 0.000000304. The largest absolute Gasteiger partial charge is 0.496 e. The third kappa shape index (κ3) is 10.7. The van der Waals surface area contributed by atoms with E-state index in [1.165, 1.54) is 4.90 Å². The molecule has 0 spiro atoms. The molecular formula is C48H69N7O9S2. The number of amides is 4. The summed E-state index contributed by atoms with van der Waals surface area (Å²) in [6.45, 7) is 11.2. The average Bonchev–Trinajstić information content (AvgIpc) is 3.91. The predicted octanol–water partition coefficient (Wildman–Crippen LogP) is 7.64. The molecule has 8 rings (SSSR count). The topological polar surface area (TPSA) is 211 Å². The van der Waals surface area contributed by atoms with Gasteiger partial charge in [0.2, 0.25) is 21.8 Å². The van der Waals surface area contributed by atoms with Gasteiger partial charge in [-0.15, -0.1) is 11.3 Å². The Labute approximate surface area is 394 Å². The van der Waals surface area contributed by atoms with Crippen molar-refractivity contribution in [1.82, 2.24) is 34.8 Å². The first-order valence-electron chi connectivity index (χ1n) is 22.9. The lowest BCUT2D eigenvalue weighted by Gasteiger charge is -2.30. The number of methoxy groups -OCH3 is 1. The number of alkyl carbamates (subject to hydrolysis) is 1. The van der Waals surface area contributed by atoms with Crippen LogP contribution < -0.4 is 25.8 Å². The van der Waals surface area contributed by atoms with Crippen LogP contribution in [0.4, 0.5) is 4.79 Å². The molecule has 2 saturated carbocycles. The van der Waals surface area contributed by atoms with Crippen molar-refractivity contribution in [2.24, 2.45) is 5.92 Å². The summed E-state index contributed by atoms with van der Waals surface area (Å²) in [4.78, 5) is 74.7. The predicted molar refractivity (Wildman–Crippen MR) is 260 cm³/mol. The summed E-state index contributed by atoms with van der Waals surface area (Å²) in [5.74, 6) is -1.05. The Morgan fingerprint density at radius 1 is 1.03 bits per heavy atom. The zero-order chi connectivity index (χ0) is 47.6. The molecule has 18 heteroatoms. The lowest BCUT2D eigenvalue weighted by atomic mass is 10.0. The van der Waals surface area contributed by atoms with Crippen LogP contribution in [0.2, 0.25) is 0 Å². The van der Waals surface area contributed by atoms with E-state index in [0.717, 1.165) is 57.9 Å². The van der Waals surface area contributed by atoms with E-state index in [1.807, 2.05) is 62.4 Å². The van der Waals surface area contributed by atoms with Gasteiger partial charge in [-0.2, -0.15) is 0 Å². The fourth-order valence-electron chi connectivity index (χ4n) is 8.72. The van der Waals surface area contributed by atoms with E-state index in [0.29, 0.717) is 51.5 Å². The Morgan fingerprint density at radius 3 is 2.50 bits per heavy atom. The van der Waals surface area contributed by atoms with E-state index in [4.69, 9.17) is 14.5 Å². The highest BCUT2D eigenvalue weighted by molar-refractivity contribution is 7.91. The van der Waals surface area contributed by atoms with Gasteiger partial charge in [-0.1, -0.05) is 49.3 Å². The minimum atomic E-state index is -3.88. The van der Waals surface area contributed by atoms with E-state index >= 15 is 0 Å². The first-order chi connectivity index (χ1) is 31.3. The highest BCUT2D eigenvalue weighted by Crippen LogP contribution is 2.47. The number of benzene rings is 2. The monoisotopic (exact) mass is 951 g/mol. The van der Waals surface area contributed by atoms with Crippen LogP contribution in [-0.4, -0.2) is 93.3 Å². The molecule has 4 heterocycles. The number of sulfonamides is 1. The second-order valence-corrected chi connectivity index (χ2v) is 22.4. The van der Waals surface area contributed by atoms with Gasteiger partial charge >= 0.3 is 11.8 Å². The van der Waals surface area contributed by atoms with E-state index < -0.39 is 55.9 Å². The molecule has 2 aliphatic heterocycles. The number of nitrogens with one attached hydrogen (secondary N) is 4. The van der Waals surface area contributed by atoms with Crippen molar-refractivity contribution in [1.29, 1.82) is 0 Å². The Hall–Kier alpha value is -5.49. The molecule has 16 nitrogen and oxygen atoms in total. The van der Waals surface area contributed by atoms with Gasteiger partial charge in [0.25, 0.3) is 5.91 Å². The second kappa shape index (κ2) is 19.4. The number of hydrogen-bond donors (Lipinski definition) is 4. The number of nitrogens with zero attached hydrogens (tertiary/aromatic N) is 3. The molecule has 0 bridgehead atoms. The van der Waals surface area contributed by atoms with Crippen LogP contribution in [0.5, 0.6) is 5.75 Å². The molecule has 362 valence electrons. The molecule has 4 atom stereocenters. The molecule has 4 N–H and O–H groups in total. The summed E-state index contributed by atoms with van der Waals surface area (Å²) in [5, 5.41) is 8.51. The normalized spacial score (nSPS) is 23.5. The summed E-state index contributed by atoms with van der Waals surface area (Å²) >= 11 is 1.59. The molecular weight excluding hydrogens is 883 g/mol. The standard InChI is InChI=1S/C27H42N4O7S.C21H21N3O2S.3H2/c1-25(2,3)38-24(35)28-19-12-9-7-5-6-8-11-18-17-27(18,23(34)30-39(36,37)26(4)14-15-26)29-21(32)20-13-10-16-31(20)22(19)33;1-13(2)24-17-9-6-8-16(19(17)23-21(24)25)20-22-15(12-27-20)11-14-7-4-5-10-18(14)26-3;;;/h8,11,18-20H,5-7,9-10,12-17H2,1-4H3,(H,28,35)(H,29,32)(H,30,34);4-10,12-13H,11H2,1-3H3,(H,23,25);3*1H/b11-8-;;;;/t18-,19+,20+,27-;;;;/m1..../s1. The number of aromatic amines is 1. The van der Waals surface area contributed by atoms with Crippen molar-refractivity contribution < 1.29 is 41.3 Å². The van der Waals surface area contributed by atoms with Crippen molar-refractivity contribution >= 4 is 56.2 Å². The van der Waals surface area contributed by atoms with Crippen LogP contribution in [0, 0.1) is 5.92 Å². The lowest BCUT2D eigenvalue weighted by Crippen LogP contribution is -2.58. The number of carbonyl (C=O) groups is 4. The maximum Gasteiger partial charge on any atom is 0.408 e. The maximum absolute atomic E-state index is 13.6. The van der Waals surface area contributed by atoms with Gasteiger partial charge in [-0.3, -0.25) is 23.7 Å². The van der Waals surface area contributed by atoms with Gasteiger partial charge in [0.15, 0.2) is 0 Å². The maximum atomic E-state index is 13.6. The van der Waals surface area contributed by atoms with Crippen LogP contribution in [0.25, 0.3) is 21.6 Å². The van der Waals surface area contributed by atoms with Crippen molar-refractivity contribution in [3.8, 4) is 16.3 Å². The van der Waals surface area contributed by atoms with Crippen molar-refractivity contribution in [2.75, 3.05) is 13.7 Å². The molecule has 4 aromatic rings. The third-order valence-corrected chi connectivity index (χ3v) is 15.9. The fourth-order valence-corrected chi connectivity index (χ4v) is 10.9. The van der Waals surface area contributed by atoms with Crippen molar-refractivity contribution in [3.63, 3.8) is 0 Å². The number of imidazole rings is 1. The van der Waals surface area contributed by atoms with Gasteiger partial charge in [-0.05, 0) is 111 Å². The molecule has 4 amide bonds. The zero-order valence-corrected chi connectivity index (χ0v) is 40.5. The first kappa shape index (κ1) is 48.4. The van der Waals surface area contributed by atoms with Gasteiger partial charge < -0.3 is 30.0 Å². The molecule has 2 aliphatic carbocycles. The molecule has 0 unspecified atom stereocenters. The van der Waals surface area contributed by atoms with Gasteiger partial charge in [0.1, 0.15) is 34.0 Å². The minimum absolute atomic E-state index is 0. The summed E-state index contributed by atoms with van der Waals surface area (Å²) in [5.41, 5.74) is 2.62. The number of H-pyrrole nitrogens is 1. The van der Waals surface area contributed by atoms with Gasteiger partial charge in [0.05, 0.1) is 28.6 Å². The summed E-state index contributed by atoms with van der Waals surface area (Å²) in [7, 11) is -2.20. The fraction of sp³-hybridized carbons (Fsp3) is 0.542. The van der Waals surface area contributed by atoms with E-state index in [1.54, 1.807) is 50.7 Å². The summed E-state index contributed by atoms with van der Waals surface area (Å²) < 4.78 is 39.4. The number of allylic oxidation sites excluding steroid dienone is 1. The highest BCUT2D eigenvalue weighted by atomic mass is 32.2. The van der Waals surface area contributed by atoms with Crippen LogP contribution in [0.1, 0.15) is 127 Å². The summed E-state index contributed by atoms with van der Waals surface area (Å²) in [6, 6.07) is 12.4. The van der Waals surface area contributed by atoms with Gasteiger partial charge in [-0.25, -0.2) is 23.0 Å². The number of ether oxygens (including phenoxy) is 2. The first-order valence-corrected chi connectivity index (χ1v) is 25.3. The van der Waals surface area contributed by atoms with E-state index in [9.17, 15) is 32.4 Å². The van der Waals surface area contributed by atoms with Crippen molar-refractivity contribution in [2.45, 2.75) is 146 Å². The molecule has 1 saturated heterocycles. The zero-order valence-electron chi connectivity index (χ0n) is 38.9. The van der Waals surface area contributed by atoms with E-state index in [-0.39, 0.29) is 34.3 Å². The molecule has 3 fully saturated rings. The van der Waals surface area contributed by atoms with Crippen LogP contribution in [-0.2, 0) is 35.6 Å². The third-order valence-electron chi connectivity index (χ3n) is 12.8. The number of rotatable bonds is 9. The number of hydrogen-bond acceptors (Lipinski definition) is 11. The van der Waals surface area contributed by atoms with Crippen molar-refractivity contribution in [3.05, 3.63) is 81.7 Å². The number of carbonyl (C=O) groups excluding carboxylic acids is 4. The molecule has 2 aromatic heterocycles. The van der Waals surface area contributed by atoms with Crippen LogP contribution >= 0.6 is 11.3 Å². The quantitative estimate of drug-likeness (QED) is 0.121. The Bertz CT molecular complexity index is 2680. The Kier molecular flexibility index (Phi) is 14.2. The number of thiazole rings is 1. The molecule has 0 radical (unpaired) electrons. The summed E-state index contributed by atoms with van der Waals surface area (Å²) in [6.07, 6.45) is 9.66. The SMILES string of the molecule is CC(C)(C)OC(=O)N[C@H]1CCCCC/C=C\[C@@H]2C[C@@]2(C(=O)NS(=O)(=O)C2(C)CC2)NC(=O)[C@@H]2CCCN2C1=O.COc1ccccc1Cc1csc(-c2cccc3c2[nH]c(=O)n3C(C)C)n1.[HH].[HH].[HH]. The average molecular weight is 952 g/mol. The number of aromatic nitrogens is 3. The Morgan fingerprint density at radius 2 is 1.79 bits per heavy atom.